The number of halogens is 1. The maximum atomic E-state index is 13.3. The molecule has 0 spiro atoms. The van der Waals surface area contributed by atoms with Crippen LogP contribution in [0.2, 0.25) is 0 Å². The zero-order valence-electron chi connectivity index (χ0n) is 44.4. The number of benzene rings is 6. The van der Waals surface area contributed by atoms with Gasteiger partial charge in [-0.3, -0.25) is 19.4 Å². The summed E-state index contributed by atoms with van der Waals surface area (Å²) in [6.07, 6.45) is 3.64. The Labute approximate surface area is 460 Å². The van der Waals surface area contributed by atoms with Crippen LogP contribution in [0.25, 0.3) is 67.1 Å². The smallest absolute Gasteiger partial charge is 0.212 e. The maximum absolute atomic E-state index is 13.3. The minimum absolute atomic E-state index is 0.0298. The van der Waals surface area contributed by atoms with Crippen molar-refractivity contribution in [3.8, 4) is 44.9 Å². The van der Waals surface area contributed by atoms with Crippen LogP contribution >= 0.6 is 15.9 Å². The van der Waals surface area contributed by atoms with Crippen LogP contribution in [-0.4, -0.2) is 83.4 Å². The average Bonchev–Trinajstić information content (AvgIpc) is 4.17. The molecule has 6 aromatic carbocycles. The van der Waals surface area contributed by atoms with Crippen molar-refractivity contribution in [3.63, 3.8) is 0 Å². The van der Waals surface area contributed by atoms with E-state index < -0.39 is 0 Å². The largest absolute Gasteiger partial charge is 0.439 e. The lowest BCUT2D eigenvalue weighted by molar-refractivity contribution is 0.196. The van der Waals surface area contributed by atoms with Crippen molar-refractivity contribution in [1.29, 1.82) is 0 Å². The third-order valence-electron chi connectivity index (χ3n) is 14.6. The summed E-state index contributed by atoms with van der Waals surface area (Å²) >= 11 is 3.49. The van der Waals surface area contributed by atoms with E-state index in [4.69, 9.17) is 8.83 Å². The number of aromatic nitrogens is 2. The van der Waals surface area contributed by atoms with Gasteiger partial charge in [-0.2, -0.15) is 0 Å². The lowest BCUT2D eigenvalue weighted by Gasteiger charge is -2.38. The van der Waals surface area contributed by atoms with Crippen molar-refractivity contribution in [3.05, 3.63) is 230 Å². The predicted octanol–water partition coefficient (Wildman–Crippen LogP) is 13.5. The zero-order valence-corrected chi connectivity index (χ0v) is 46.0. The van der Waals surface area contributed by atoms with Crippen molar-refractivity contribution in [2.45, 2.75) is 52.9 Å². The van der Waals surface area contributed by atoms with Crippen LogP contribution in [0.1, 0.15) is 38.8 Å². The molecule has 0 radical (unpaired) electrons. The molecule has 2 aliphatic heterocycles. The van der Waals surface area contributed by atoms with Crippen LogP contribution < -0.4 is 21.1 Å². The summed E-state index contributed by atoms with van der Waals surface area (Å²) in [5.74, 6) is 1.43. The van der Waals surface area contributed by atoms with Crippen molar-refractivity contribution in [2.75, 3.05) is 57.3 Å². The highest BCUT2D eigenvalue weighted by atomic mass is 79.9. The number of piperazine rings is 2. The highest BCUT2D eigenvalue weighted by Crippen LogP contribution is 2.42. The third kappa shape index (κ3) is 12.4. The topological polar surface area (TPSA) is 92.0 Å². The standard InChI is InChI=1S/C33H33N3O2.C26H18BrNO2.C7H16N2/c1-24(2)34-19-21-35(22-20-34)28-15-13-27(14-16-28)32-30(26-11-7-4-8-12-26)31-29(37)17-18-36(33(31)38-32)23-25-9-5-3-6-10-25;27-21-13-11-20(12-14-21)25-23(19-9-5-2-6-10-19)24-22(29)15-16-28(26(24)30-25)17-18-7-3-1-4-8-18;1-7(2)9-5-3-8-4-6-9/h3-18,24H,19-23H2,1-2H3;1-16H,17H2;7-8H,3-6H2,1-2H3. The van der Waals surface area contributed by atoms with Gasteiger partial charge in [0, 0.05) is 121 Å². The molecule has 0 saturated carbocycles. The van der Waals surface area contributed by atoms with Gasteiger partial charge in [0.25, 0.3) is 0 Å². The van der Waals surface area contributed by atoms with Crippen LogP contribution in [-0.2, 0) is 13.1 Å². The summed E-state index contributed by atoms with van der Waals surface area (Å²) in [5.41, 5.74) is 10.2. The Hall–Kier alpha value is -7.54. The summed E-state index contributed by atoms with van der Waals surface area (Å²) in [6.45, 7) is 19.3. The Kier molecular flexibility index (Phi) is 16.9. The van der Waals surface area contributed by atoms with Gasteiger partial charge >= 0.3 is 0 Å². The van der Waals surface area contributed by atoms with E-state index in [1.807, 2.05) is 137 Å². The molecule has 0 unspecified atom stereocenters. The number of nitrogens with one attached hydrogen (secondary N) is 1. The average molecular weight is 1090 g/mol. The second-order valence-electron chi connectivity index (χ2n) is 20.3. The lowest BCUT2D eigenvalue weighted by Crippen LogP contribution is -2.48. The van der Waals surface area contributed by atoms with E-state index >= 15 is 0 Å². The summed E-state index contributed by atoms with van der Waals surface area (Å²) in [7, 11) is 0. The van der Waals surface area contributed by atoms with Crippen LogP contribution in [0, 0.1) is 0 Å². The van der Waals surface area contributed by atoms with E-state index in [2.05, 4.69) is 112 Å². The van der Waals surface area contributed by atoms with Gasteiger partial charge in [-0.05, 0) is 86.3 Å². The van der Waals surface area contributed by atoms with Gasteiger partial charge in [0.1, 0.15) is 11.5 Å². The molecule has 10 nitrogen and oxygen atoms in total. The van der Waals surface area contributed by atoms with E-state index in [9.17, 15) is 9.59 Å². The van der Waals surface area contributed by atoms with Crippen LogP contribution in [0.4, 0.5) is 5.69 Å². The Morgan fingerprint density at radius 2 is 0.844 bits per heavy atom. The first-order valence-electron chi connectivity index (χ1n) is 26.9. The van der Waals surface area contributed by atoms with Crippen molar-refractivity contribution in [2.24, 2.45) is 0 Å². The highest BCUT2D eigenvalue weighted by molar-refractivity contribution is 9.10. The monoisotopic (exact) mass is 1090 g/mol. The fourth-order valence-electron chi connectivity index (χ4n) is 10.4. The molecule has 10 aromatic rings. The van der Waals surface area contributed by atoms with Gasteiger partial charge in [-0.25, -0.2) is 0 Å². The molecule has 0 aliphatic carbocycles. The van der Waals surface area contributed by atoms with Gasteiger partial charge < -0.3 is 28.2 Å². The molecule has 392 valence electrons. The third-order valence-corrected chi connectivity index (χ3v) is 15.2. The van der Waals surface area contributed by atoms with E-state index in [0.29, 0.717) is 47.1 Å². The fourth-order valence-corrected chi connectivity index (χ4v) is 10.7. The number of hydrogen-bond donors (Lipinski definition) is 1. The molecule has 0 atom stereocenters. The quantitative estimate of drug-likeness (QED) is 0.137. The first kappa shape index (κ1) is 52.9. The van der Waals surface area contributed by atoms with E-state index in [0.717, 1.165) is 100 Å². The minimum Gasteiger partial charge on any atom is -0.439 e. The molecule has 12 rings (SSSR count). The molecule has 2 fully saturated rings. The molecule has 4 aromatic heterocycles. The first-order chi connectivity index (χ1) is 37.6. The van der Waals surface area contributed by atoms with Crippen molar-refractivity contribution in [1.82, 2.24) is 24.3 Å². The van der Waals surface area contributed by atoms with Gasteiger partial charge in [0.15, 0.2) is 10.9 Å². The Balaban J connectivity index is 0.000000153. The van der Waals surface area contributed by atoms with E-state index in [1.54, 1.807) is 18.3 Å². The van der Waals surface area contributed by atoms with E-state index in [1.165, 1.54) is 18.8 Å². The second-order valence-corrected chi connectivity index (χ2v) is 21.3. The Morgan fingerprint density at radius 3 is 1.25 bits per heavy atom. The zero-order chi connectivity index (χ0) is 53.3. The lowest BCUT2D eigenvalue weighted by atomic mass is 9.99. The summed E-state index contributed by atoms with van der Waals surface area (Å²) in [6, 6.07) is 61.6. The summed E-state index contributed by atoms with van der Waals surface area (Å²) < 4.78 is 18.0. The molecular weight excluding hydrogens is 1020 g/mol. The number of fused-ring (bicyclic) bond motifs is 2. The maximum Gasteiger partial charge on any atom is 0.212 e. The number of anilines is 1. The molecule has 0 bridgehead atoms. The number of furan rings is 2. The number of rotatable bonds is 11. The first-order valence-corrected chi connectivity index (χ1v) is 27.7. The fraction of sp³-hybridized carbons (Fsp3) is 0.242. The van der Waals surface area contributed by atoms with Crippen LogP contribution in [0.3, 0.4) is 0 Å². The van der Waals surface area contributed by atoms with Gasteiger partial charge in [0.05, 0.1) is 23.9 Å². The number of pyridine rings is 2. The highest BCUT2D eigenvalue weighted by Gasteiger charge is 2.25. The van der Waals surface area contributed by atoms with Gasteiger partial charge in [0.2, 0.25) is 11.4 Å². The SMILES string of the molecule is CC(C)N1CCN(c2ccc(-c3oc4c(c3-c3ccccc3)c(=O)ccn4Cc3ccccc3)cc2)CC1.CC(C)N1CCNCC1.O=c1ccn(Cc2ccccc2)c2oc(-c3ccc(Br)cc3)c(-c3ccccc3)c12. The molecule has 2 saturated heterocycles. The molecule has 0 amide bonds. The Bertz CT molecular complexity index is 3620. The van der Waals surface area contributed by atoms with Crippen molar-refractivity contribution < 1.29 is 8.83 Å². The number of nitrogens with zero attached hydrogens (tertiary/aromatic N) is 5. The predicted molar refractivity (Wildman–Crippen MR) is 320 cm³/mol. The molecule has 6 heterocycles. The summed E-state index contributed by atoms with van der Waals surface area (Å²) in [5, 5.41) is 4.56. The van der Waals surface area contributed by atoms with E-state index in [-0.39, 0.29) is 10.9 Å². The minimum atomic E-state index is -0.0414. The molecule has 1 N–H and O–H groups in total. The molecule has 11 heteroatoms. The van der Waals surface area contributed by atoms with Gasteiger partial charge in [-0.1, -0.05) is 149 Å². The molecule has 2 aliphatic rings. The molecular formula is C66H67BrN6O4. The van der Waals surface area contributed by atoms with Crippen LogP contribution in [0.15, 0.2) is 217 Å². The second kappa shape index (κ2) is 24.6. The summed E-state index contributed by atoms with van der Waals surface area (Å²) in [4.78, 5) is 33.7. The Morgan fingerprint density at radius 1 is 0.455 bits per heavy atom. The molecule has 77 heavy (non-hydrogen) atoms. The van der Waals surface area contributed by atoms with Gasteiger partial charge in [-0.15, -0.1) is 0 Å². The normalized spacial score (nSPS) is 14.1. The van der Waals surface area contributed by atoms with Crippen LogP contribution in [0.5, 0.6) is 0 Å². The van der Waals surface area contributed by atoms with Crippen molar-refractivity contribution >= 4 is 43.8 Å². The number of hydrogen-bond acceptors (Lipinski definition) is 8.